The van der Waals surface area contributed by atoms with Crippen LogP contribution in [0, 0.1) is 15.5 Å². The van der Waals surface area contributed by atoms with Crippen LogP contribution in [0.4, 0.5) is 5.69 Å². The number of carboxylic acid groups (broad SMARTS) is 1. The summed E-state index contributed by atoms with van der Waals surface area (Å²) < 4.78 is 6.46. The van der Waals surface area contributed by atoms with Gasteiger partial charge in [0.25, 0.3) is 11.6 Å². The lowest BCUT2D eigenvalue weighted by molar-refractivity contribution is -0.384. The number of rotatable bonds is 6. The molecule has 0 radical (unpaired) electrons. The normalized spacial score (nSPS) is 19.2. The number of nitrogens with zero attached hydrogens (tertiary/aromatic N) is 4. The summed E-state index contributed by atoms with van der Waals surface area (Å²) in [5.41, 5.74) is -0.402. The van der Waals surface area contributed by atoms with Crippen molar-refractivity contribution < 1.29 is 24.4 Å². The molecule has 142 valence electrons. The molecule has 1 atom stereocenters. The van der Waals surface area contributed by atoms with E-state index in [0.29, 0.717) is 18.7 Å². The predicted octanol–water partition coefficient (Wildman–Crippen LogP) is 1.34. The van der Waals surface area contributed by atoms with Crippen molar-refractivity contribution in [1.29, 1.82) is 0 Å². The number of carbonyl (C=O) groups is 2. The first-order valence-corrected chi connectivity index (χ1v) is 8.18. The number of amides is 1. The molecule has 0 saturated carbocycles. The number of carboxylic acids is 1. The summed E-state index contributed by atoms with van der Waals surface area (Å²) in [5, 5.41) is 24.4. The number of carbonyl (C=O) groups excluding carboxylic acids is 1. The SMILES string of the molecule is COCC1(C(=O)O)CCN(C(=O)c2ccn(-c3ccc([N+](=O)[O-])cc3)n2)C1. The summed E-state index contributed by atoms with van der Waals surface area (Å²) in [6.07, 6.45) is 1.88. The molecule has 1 fully saturated rings. The van der Waals surface area contributed by atoms with Gasteiger partial charge in [0, 0.05) is 38.5 Å². The maximum Gasteiger partial charge on any atom is 0.313 e. The molecule has 1 saturated heterocycles. The van der Waals surface area contributed by atoms with Gasteiger partial charge < -0.3 is 14.7 Å². The fourth-order valence-electron chi connectivity index (χ4n) is 3.15. The minimum absolute atomic E-state index is 0.0311. The molecule has 1 aliphatic rings. The zero-order chi connectivity index (χ0) is 19.6. The third kappa shape index (κ3) is 3.51. The third-order valence-electron chi connectivity index (χ3n) is 4.65. The number of nitro benzene ring substituents is 1. The highest BCUT2D eigenvalue weighted by Crippen LogP contribution is 2.32. The molecule has 2 aromatic rings. The van der Waals surface area contributed by atoms with Crippen molar-refractivity contribution in [2.24, 2.45) is 5.41 Å². The summed E-state index contributed by atoms with van der Waals surface area (Å²) in [5.74, 6) is -1.36. The van der Waals surface area contributed by atoms with Crippen molar-refractivity contribution in [3.63, 3.8) is 0 Å². The van der Waals surface area contributed by atoms with Crippen LogP contribution in [-0.2, 0) is 9.53 Å². The van der Waals surface area contributed by atoms with Crippen LogP contribution in [0.1, 0.15) is 16.9 Å². The highest BCUT2D eigenvalue weighted by atomic mass is 16.6. The van der Waals surface area contributed by atoms with Gasteiger partial charge in [-0.05, 0) is 24.6 Å². The molecule has 10 heteroatoms. The molecule has 10 nitrogen and oxygen atoms in total. The number of benzene rings is 1. The highest BCUT2D eigenvalue weighted by molar-refractivity contribution is 5.93. The number of likely N-dealkylation sites (tertiary alicyclic amines) is 1. The zero-order valence-electron chi connectivity index (χ0n) is 14.6. The van der Waals surface area contributed by atoms with E-state index in [9.17, 15) is 24.8 Å². The van der Waals surface area contributed by atoms with E-state index in [4.69, 9.17) is 4.74 Å². The van der Waals surface area contributed by atoms with Crippen molar-refractivity contribution in [3.05, 3.63) is 52.3 Å². The van der Waals surface area contributed by atoms with Gasteiger partial charge in [0.2, 0.25) is 0 Å². The number of aliphatic carboxylic acids is 1. The zero-order valence-corrected chi connectivity index (χ0v) is 14.6. The van der Waals surface area contributed by atoms with Gasteiger partial charge in [0.1, 0.15) is 5.41 Å². The number of hydrogen-bond acceptors (Lipinski definition) is 6. The summed E-state index contributed by atoms with van der Waals surface area (Å²) in [6, 6.07) is 7.29. The Kier molecular flexibility index (Phi) is 4.91. The first kappa shape index (κ1) is 18.5. The first-order valence-electron chi connectivity index (χ1n) is 8.18. The van der Waals surface area contributed by atoms with Crippen LogP contribution in [0.3, 0.4) is 0 Å². The van der Waals surface area contributed by atoms with E-state index in [1.165, 1.54) is 47.0 Å². The highest BCUT2D eigenvalue weighted by Gasteiger charge is 2.46. The van der Waals surface area contributed by atoms with Gasteiger partial charge in [-0.25, -0.2) is 4.68 Å². The maximum absolute atomic E-state index is 12.7. The van der Waals surface area contributed by atoms with Crippen LogP contribution >= 0.6 is 0 Å². The summed E-state index contributed by atoms with van der Waals surface area (Å²) >= 11 is 0. The molecule has 1 unspecified atom stereocenters. The second-order valence-corrected chi connectivity index (χ2v) is 6.41. The second kappa shape index (κ2) is 7.16. The van der Waals surface area contributed by atoms with Crippen molar-refractivity contribution >= 4 is 17.6 Å². The second-order valence-electron chi connectivity index (χ2n) is 6.41. The van der Waals surface area contributed by atoms with Crippen LogP contribution in [-0.4, -0.2) is 63.4 Å². The van der Waals surface area contributed by atoms with Gasteiger partial charge in [-0.2, -0.15) is 5.10 Å². The van der Waals surface area contributed by atoms with Crippen molar-refractivity contribution in [2.75, 3.05) is 26.8 Å². The summed E-state index contributed by atoms with van der Waals surface area (Å²) in [4.78, 5) is 36.0. The maximum atomic E-state index is 12.7. The van der Waals surface area contributed by atoms with Gasteiger partial charge >= 0.3 is 5.97 Å². The fourth-order valence-corrected chi connectivity index (χ4v) is 3.15. The molecule has 27 heavy (non-hydrogen) atoms. The predicted molar refractivity (Wildman–Crippen MR) is 92.7 cm³/mol. The van der Waals surface area contributed by atoms with Crippen LogP contribution in [0.5, 0.6) is 0 Å². The van der Waals surface area contributed by atoms with E-state index in [1.54, 1.807) is 6.20 Å². The van der Waals surface area contributed by atoms with E-state index >= 15 is 0 Å². The fraction of sp³-hybridized carbons (Fsp3) is 0.353. The molecular formula is C17H18N4O6. The Bertz CT molecular complexity index is 878. The lowest BCUT2D eigenvalue weighted by Gasteiger charge is -2.23. The van der Waals surface area contributed by atoms with E-state index in [2.05, 4.69) is 5.10 Å². The molecule has 1 aliphatic heterocycles. The van der Waals surface area contributed by atoms with E-state index in [0.717, 1.165) is 0 Å². The molecule has 0 bridgehead atoms. The smallest absolute Gasteiger partial charge is 0.313 e. The number of non-ortho nitro benzene ring substituents is 1. The monoisotopic (exact) mass is 374 g/mol. The minimum atomic E-state index is -1.11. The number of methoxy groups -OCH3 is 1. The van der Waals surface area contributed by atoms with Gasteiger partial charge in [-0.3, -0.25) is 19.7 Å². The van der Waals surface area contributed by atoms with Crippen LogP contribution < -0.4 is 0 Å². The average molecular weight is 374 g/mol. The van der Waals surface area contributed by atoms with E-state index in [1.807, 2.05) is 0 Å². The van der Waals surface area contributed by atoms with Gasteiger partial charge in [0.05, 0.1) is 17.2 Å². The van der Waals surface area contributed by atoms with Crippen molar-refractivity contribution in [3.8, 4) is 5.69 Å². The molecule has 0 spiro atoms. The molecule has 1 N–H and O–H groups in total. The van der Waals surface area contributed by atoms with Crippen LogP contribution in [0.15, 0.2) is 36.5 Å². The molecule has 1 aromatic carbocycles. The Morgan fingerprint density at radius 1 is 1.33 bits per heavy atom. The van der Waals surface area contributed by atoms with Gasteiger partial charge in [-0.15, -0.1) is 0 Å². The number of hydrogen-bond donors (Lipinski definition) is 1. The third-order valence-corrected chi connectivity index (χ3v) is 4.65. The van der Waals surface area contributed by atoms with Gasteiger partial charge in [0.15, 0.2) is 5.69 Å². The topological polar surface area (TPSA) is 128 Å². The Morgan fingerprint density at radius 2 is 2.04 bits per heavy atom. The molecule has 0 aliphatic carbocycles. The van der Waals surface area contributed by atoms with Crippen molar-refractivity contribution in [1.82, 2.24) is 14.7 Å². The molecular weight excluding hydrogens is 356 g/mol. The van der Waals surface area contributed by atoms with Gasteiger partial charge in [-0.1, -0.05) is 0 Å². The van der Waals surface area contributed by atoms with Crippen LogP contribution in [0.25, 0.3) is 5.69 Å². The number of ether oxygens (including phenoxy) is 1. The Morgan fingerprint density at radius 3 is 2.63 bits per heavy atom. The first-order chi connectivity index (χ1) is 12.9. The lowest BCUT2D eigenvalue weighted by Crippen LogP contribution is -2.40. The Labute approximate surface area is 154 Å². The van der Waals surface area contributed by atoms with Crippen molar-refractivity contribution in [2.45, 2.75) is 6.42 Å². The van der Waals surface area contributed by atoms with Crippen LogP contribution in [0.2, 0.25) is 0 Å². The lowest BCUT2D eigenvalue weighted by atomic mass is 9.88. The minimum Gasteiger partial charge on any atom is -0.481 e. The Hall–Kier alpha value is -3.27. The average Bonchev–Trinajstić information content (AvgIpc) is 3.30. The summed E-state index contributed by atoms with van der Waals surface area (Å²) in [7, 11) is 1.43. The quantitative estimate of drug-likeness (QED) is 0.597. The Balaban J connectivity index is 1.75. The van der Waals surface area contributed by atoms with E-state index in [-0.39, 0.29) is 30.4 Å². The molecule has 2 heterocycles. The summed E-state index contributed by atoms with van der Waals surface area (Å²) in [6.45, 7) is 0.391. The number of aromatic nitrogens is 2. The molecule has 1 aromatic heterocycles. The van der Waals surface area contributed by atoms with E-state index < -0.39 is 16.3 Å². The molecule has 1 amide bonds. The largest absolute Gasteiger partial charge is 0.481 e. The standard InChI is InChI=1S/C17H18N4O6/c1-27-11-17(16(23)24)7-9-19(10-17)15(22)14-6-8-20(18-14)12-2-4-13(5-3-12)21(25)26/h2-6,8H,7,9-11H2,1H3,(H,23,24). The molecule has 3 rings (SSSR count). The number of nitro groups is 1.